The van der Waals surface area contributed by atoms with E-state index in [1.54, 1.807) is 7.05 Å². The molecule has 0 radical (unpaired) electrons. The second-order valence-electron chi connectivity index (χ2n) is 4.57. The Morgan fingerprint density at radius 1 is 1.35 bits per heavy atom. The smallest absolute Gasteiger partial charge is 0.176 e. The van der Waals surface area contributed by atoms with Crippen LogP contribution in [0.25, 0.3) is 0 Å². The van der Waals surface area contributed by atoms with Gasteiger partial charge in [0.2, 0.25) is 0 Å². The number of nitrogens with one attached hydrogen (secondary N) is 1. The molecule has 1 heterocycles. The Labute approximate surface area is 116 Å². The van der Waals surface area contributed by atoms with Gasteiger partial charge in [0.1, 0.15) is 11.6 Å². The van der Waals surface area contributed by atoms with E-state index in [-0.39, 0.29) is 11.6 Å². The molecule has 0 aliphatic heterocycles. The zero-order valence-corrected chi connectivity index (χ0v) is 11.5. The first-order valence-corrected chi connectivity index (χ1v) is 6.51. The van der Waals surface area contributed by atoms with Crippen LogP contribution in [0.2, 0.25) is 0 Å². The molecule has 1 atom stereocenters. The first-order valence-electron chi connectivity index (χ1n) is 6.51. The molecule has 0 aliphatic carbocycles. The van der Waals surface area contributed by atoms with Crippen LogP contribution in [0.3, 0.4) is 0 Å². The summed E-state index contributed by atoms with van der Waals surface area (Å²) in [5, 5.41) is 14.9. The van der Waals surface area contributed by atoms with Crippen LogP contribution in [0.15, 0.2) is 18.2 Å². The minimum absolute atomic E-state index is 0.283. The molecule has 0 fully saturated rings. The Hall–Kier alpha value is -1.89. The van der Waals surface area contributed by atoms with E-state index in [2.05, 4.69) is 20.7 Å². The average molecular weight is 281 g/mol. The van der Waals surface area contributed by atoms with E-state index in [9.17, 15) is 8.78 Å². The van der Waals surface area contributed by atoms with Crippen molar-refractivity contribution >= 4 is 0 Å². The topological polar surface area (TPSA) is 55.6 Å². The third kappa shape index (κ3) is 3.57. The summed E-state index contributed by atoms with van der Waals surface area (Å²) in [5.74, 6) is -0.412. The monoisotopic (exact) mass is 281 g/mol. The van der Waals surface area contributed by atoms with Gasteiger partial charge >= 0.3 is 0 Å². The zero-order chi connectivity index (χ0) is 14.5. The lowest BCUT2D eigenvalue weighted by molar-refractivity contribution is 0.482. The molecule has 7 heteroatoms. The number of hydrogen-bond acceptors (Lipinski definition) is 4. The van der Waals surface area contributed by atoms with E-state index in [4.69, 9.17) is 0 Å². The molecule has 108 valence electrons. The number of aromatic nitrogens is 4. The van der Waals surface area contributed by atoms with Gasteiger partial charge in [-0.2, -0.15) is 4.80 Å². The molecule has 0 amide bonds. The van der Waals surface area contributed by atoms with Crippen LogP contribution in [0.4, 0.5) is 8.78 Å². The second-order valence-corrected chi connectivity index (χ2v) is 4.57. The lowest BCUT2D eigenvalue weighted by Gasteiger charge is -2.18. The van der Waals surface area contributed by atoms with Crippen LogP contribution in [0.5, 0.6) is 0 Å². The normalized spacial score (nSPS) is 12.6. The predicted molar refractivity (Wildman–Crippen MR) is 69.9 cm³/mol. The molecule has 20 heavy (non-hydrogen) atoms. The molecule has 1 unspecified atom stereocenters. The number of nitrogens with zero attached hydrogens (tertiary/aromatic N) is 4. The molecule has 1 aromatic carbocycles. The highest BCUT2D eigenvalue weighted by Crippen LogP contribution is 2.21. The first-order chi connectivity index (χ1) is 9.60. The Bertz CT molecular complexity index is 570. The number of halogens is 2. The Kier molecular flexibility index (Phi) is 4.73. The summed E-state index contributed by atoms with van der Waals surface area (Å²) in [6.07, 6.45) is 1.25. The second kappa shape index (κ2) is 6.51. The number of tetrazole rings is 1. The molecule has 2 aromatic rings. The van der Waals surface area contributed by atoms with Gasteiger partial charge in [-0.3, -0.25) is 0 Å². The fourth-order valence-electron chi connectivity index (χ4n) is 1.98. The van der Waals surface area contributed by atoms with Gasteiger partial charge in [0.15, 0.2) is 5.82 Å². The summed E-state index contributed by atoms with van der Waals surface area (Å²) in [5.41, 5.74) is 0.283. The molecule has 0 spiro atoms. The van der Waals surface area contributed by atoms with E-state index < -0.39 is 11.6 Å². The van der Waals surface area contributed by atoms with E-state index in [0.717, 1.165) is 18.6 Å². The fraction of sp³-hybridized carbons (Fsp3) is 0.462. The van der Waals surface area contributed by atoms with E-state index in [1.807, 2.05) is 6.92 Å². The Balaban J connectivity index is 2.24. The van der Waals surface area contributed by atoms with Gasteiger partial charge in [-0.05, 0) is 36.4 Å². The summed E-state index contributed by atoms with van der Waals surface area (Å²) in [4.78, 5) is 1.34. The van der Waals surface area contributed by atoms with Crippen LogP contribution >= 0.6 is 0 Å². The van der Waals surface area contributed by atoms with Crippen molar-refractivity contribution in [1.82, 2.24) is 25.5 Å². The maximum atomic E-state index is 13.9. The highest BCUT2D eigenvalue weighted by Gasteiger charge is 2.18. The van der Waals surface area contributed by atoms with Crippen molar-refractivity contribution in [3.63, 3.8) is 0 Å². The molecule has 0 saturated carbocycles. The van der Waals surface area contributed by atoms with Gasteiger partial charge in [0, 0.05) is 18.0 Å². The fourth-order valence-corrected chi connectivity index (χ4v) is 1.98. The van der Waals surface area contributed by atoms with Crippen molar-refractivity contribution in [1.29, 1.82) is 0 Å². The SMILES string of the molecule is CCCNC(Cc1nnn(C)n1)c1cc(F)ccc1F. The standard InChI is InChI=1S/C13H17F2N5/c1-3-6-16-12(8-13-17-19-20(2)18-13)10-7-9(14)4-5-11(10)15/h4-5,7,12,16H,3,6,8H2,1-2H3. The summed E-state index contributed by atoms with van der Waals surface area (Å²) in [6, 6.07) is 3.07. The van der Waals surface area contributed by atoms with Crippen LogP contribution in [-0.4, -0.2) is 26.8 Å². The number of rotatable bonds is 6. The summed E-state index contributed by atoms with van der Waals surface area (Å²) in [7, 11) is 1.66. The molecular weight excluding hydrogens is 264 g/mol. The molecule has 2 rings (SSSR count). The number of hydrogen-bond donors (Lipinski definition) is 1. The Morgan fingerprint density at radius 3 is 2.80 bits per heavy atom. The third-order valence-electron chi connectivity index (χ3n) is 2.91. The van der Waals surface area contributed by atoms with E-state index in [0.29, 0.717) is 18.8 Å². The van der Waals surface area contributed by atoms with Crippen molar-refractivity contribution in [3.8, 4) is 0 Å². The predicted octanol–water partition coefficient (Wildman–Crippen LogP) is 1.77. The maximum absolute atomic E-state index is 13.9. The molecule has 0 saturated heterocycles. The summed E-state index contributed by atoms with van der Waals surface area (Å²) < 4.78 is 27.2. The highest BCUT2D eigenvalue weighted by molar-refractivity contribution is 5.23. The first kappa shape index (κ1) is 14.5. The average Bonchev–Trinajstić information content (AvgIpc) is 2.83. The minimum Gasteiger partial charge on any atom is -0.309 e. The minimum atomic E-state index is -0.461. The van der Waals surface area contributed by atoms with Crippen LogP contribution in [-0.2, 0) is 13.5 Å². The van der Waals surface area contributed by atoms with Gasteiger partial charge in [-0.1, -0.05) is 6.92 Å². The molecule has 1 N–H and O–H groups in total. The van der Waals surface area contributed by atoms with Gasteiger partial charge in [0.05, 0.1) is 7.05 Å². The summed E-state index contributed by atoms with van der Waals surface area (Å²) >= 11 is 0. The quantitative estimate of drug-likeness (QED) is 0.877. The zero-order valence-electron chi connectivity index (χ0n) is 11.5. The molecule has 0 bridgehead atoms. The third-order valence-corrected chi connectivity index (χ3v) is 2.91. The van der Waals surface area contributed by atoms with E-state index in [1.165, 1.54) is 10.9 Å². The number of aryl methyl sites for hydroxylation is 1. The van der Waals surface area contributed by atoms with E-state index >= 15 is 0 Å². The van der Waals surface area contributed by atoms with Crippen molar-refractivity contribution < 1.29 is 8.78 Å². The van der Waals surface area contributed by atoms with Crippen molar-refractivity contribution in [2.75, 3.05) is 6.54 Å². The van der Waals surface area contributed by atoms with Crippen LogP contribution < -0.4 is 5.32 Å². The van der Waals surface area contributed by atoms with Crippen molar-refractivity contribution in [3.05, 3.63) is 41.2 Å². The lowest BCUT2D eigenvalue weighted by atomic mass is 10.0. The van der Waals surface area contributed by atoms with Gasteiger partial charge in [-0.15, -0.1) is 10.2 Å². The van der Waals surface area contributed by atoms with Crippen LogP contribution in [0, 0.1) is 11.6 Å². The largest absolute Gasteiger partial charge is 0.309 e. The molecule has 1 aromatic heterocycles. The molecule has 0 aliphatic rings. The maximum Gasteiger partial charge on any atom is 0.176 e. The summed E-state index contributed by atoms with van der Waals surface area (Å²) in [6.45, 7) is 2.70. The Morgan fingerprint density at radius 2 is 2.15 bits per heavy atom. The van der Waals surface area contributed by atoms with Crippen LogP contribution in [0.1, 0.15) is 30.8 Å². The van der Waals surface area contributed by atoms with Gasteiger partial charge in [0.25, 0.3) is 0 Å². The lowest BCUT2D eigenvalue weighted by Crippen LogP contribution is -2.25. The number of benzene rings is 1. The molecular formula is C13H17F2N5. The van der Waals surface area contributed by atoms with Gasteiger partial charge in [-0.25, -0.2) is 8.78 Å². The molecule has 5 nitrogen and oxygen atoms in total. The highest BCUT2D eigenvalue weighted by atomic mass is 19.1. The van der Waals surface area contributed by atoms with Crippen molar-refractivity contribution in [2.45, 2.75) is 25.8 Å². The van der Waals surface area contributed by atoms with Crippen molar-refractivity contribution in [2.24, 2.45) is 7.05 Å². The van der Waals surface area contributed by atoms with Gasteiger partial charge < -0.3 is 5.32 Å².